The number of benzene rings is 3. The zero-order valence-corrected chi connectivity index (χ0v) is 19.8. The molecule has 4 rings (SSSR count). The molecule has 0 aliphatic heterocycles. The molecule has 0 saturated heterocycles. The first-order chi connectivity index (χ1) is 17.0. The number of aromatic carboxylic acids is 1. The average Bonchev–Trinajstić information content (AvgIpc) is 3.23. The van der Waals surface area contributed by atoms with E-state index in [1.165, 1.54) is 0 Å². The number of fused-ring (bicyclic) bond motifs is 1. The minimum Gasteiger partial charge on any atom is -0.478 e. The molecule has 0 aliphatic carbocycles. The number of carbonyl (C=O) groups excluding carboxylic acids is 1. The molecule has 6 heteroatoms. The maximum absolute atomic E-state index is 12.3. The van der Waals surface area contributed by atoms with Gasteiger partial charge in [0.1, 0.15) is 5.82 Å². The van der Waals surface area contributed by atoms with Gasteiger partial charge in [0.15, 0.2) is 0 Å². The van der Waals surface area contributed by atoms with E-state index in [2.05, 4.69) is 16.5 Å². The molecule has 4 aromatic rings. The van der Waals surface area contributed by atoms with Gasteiger partial charge in [0.2, 0.25) is 5.91 Å². The average molecular weight is 468 g/mol. The topological polar surface area (TPSA) is 98.2 Å². The summed E-state index contributed by atoms with van der Waals surface area (Å²) >= 11 is 0. The Labute approximate surface area is 204 Å². The molecule has 0 saturated carbocycles. The molecule has 35 heavy (non-hydrogen) atoms. The Balaban J connectivity index is 1.80. The van der Waals surface area contributed by atoms with E-state index in [0.29, 0.717) is 18.5 Å². The lowest BCUT2D eigenvalue weighted by Gasteiger charge is -2.14. The second kappa shape index (κ2) is 10.8. The number of hydrogen-bond donors (Lipinski definition) is 2. The summed E-state index contributed by atoms with van der Waals surface area (Å²) in [5.74, 6) is -0.547. The quantitative estimate of drug-likeness (QED) is 0.312. The van der Waals surface area contributed by atoms with Gasteiger partial charge in [-0.15, -0.1) is 0 Å². The smallest absolute Gasteiger partial charge is 0.335 e. The summed E-state index contributed by atoms with van der Waals surface area (Å²) < 4.78 is 2.07. The first-order valence-electron chi connectivity index (χ1n) is 11.8. The first kappa shape index (κ1) is 24.0. The van der Waals surface area contributed by atoms with E-state index in [-0.39, 0.29) is 5.56 Å². The minimum absolute atomic E-state index is 0.243. The number of primary amides is 1. The van der Waals surface area contributed by atoms with Crippen LogP contribution in [-0.2, 0) is 24.2 Å². The minimum atomic E-state index is -0.965. The summed E-state index contributed by atoms with van der Waals surface area (Å²) in [5.41, 5.74) is 9.13. The lowest BCUT2D eigenvalue weighted by molar-refractivity contribution is -0.114. The van der Waals surface area contributed by atoms with Crippen LogP contribution >= 0.6 is 0 Å². The molecular formula is C29H29N3O3. The number of carboxylic acids is 1. The summed E-state index contributed by atoms with van der Waals surface area (Å²) in [6, 6.07) is 20.9. The number of carboxylic acid groups (broad SMARTS) is 1. The molecule has 0 unspecified atom stereocenters. The number of nitrogens with zero attached hydrogens (tertiary/aromatic N) is 2. The van der Waals surface area contributed by atoms with Crippen molar-refractivity contribution in [3.8, 4) is 0 Å². The Bertz CT molecular complexity index is 1390. The molecule has 1 aromatic heterocycles. The third-order valence-electron chi connectivity index (χ3n) is 6.12. The van der Waals surface area contributed by atoms with E-state index in [1.807, 2.05) is 54.6 Å². The Morgan fingerprint density at radius 3 is 2.51 bits per heavy atom. The number of amides is 1. The van der Waals surface area contributed by atoms with Crippen LogP contribution in [0, 0.1) is 0 Å². The summed E-state index contributed by atoms with van der Waals surface area (Å²) in [4.78, 5) is 28.8. The summed E-state index contributed by atoms with van der Waals surface area (Å²) in [5, 5.41) is 11.5. The Morgan fingerprint density at radius 2 is 1.80 bits per heavy atom. The normalized spacial score (nSPS) is 11.6. The largest absolute Gasteiger partial charge is 0.478 e. The fourth-order valence-corrected chi connectivity index (χ4v) is 4.28. The van der Waals surface area contributed by atoms with Crippen LogP contribution in [0.4, 0.5) is 0 Å². The molecule has 0 radical (unpaired) electrons. The lowest BCUT2D eigenvalue weighted by atomic mass is 10.0. The molecule has 0 atom stereocenters. The van der Waals surface area contributed by atoms with Crippen molar-refractivity contribution in [3.05, 3.63) is 107 Å². The maximum Gasteiger partial charge on any atom is 0.335 e. The fraction of sp³-hybridized carbons (Fsp3) is 0.207. The number of imidazole rings is 1. The molecule has 0 fully saturated rings. The van der Waals surface area contributed by atoms with E-state index in [1.54, 1.807) is 24.4 Å². The van der Waals surface area contributed by atoms with Crippen molar-refractivity contribution in [1.82, 2.24) is 9.55 Å². The summed E-state index contributed by atoms with van der Waals surface area (Å²) in [7, 11) is 0. The second-order valence-electron chi connectivity index (χ2n) is 8.65. The van der Waals surface area contributed by atoms with Gasteiger partial charge in [-0.25, -0.2) is 9.78 Å². The SMILES string of the molecule is CCCCc1ncc(C=C(Cc2ccccc2)C(N)=O)n1Cc1cc(C(=O)O)cc2ccccc12. The lowest BCUT2D eigenvalue weighted by Crippen LogP contribution is -2.16. The van der Waals surface area contributed by atoms with Crippen LogP contribution in [0.1, 0.15) is 52.8 Å². The molecular weight excluding hydrogens is 438 g/mol. The maximum atomic E-state index is 12.3. The molecule has 3 N–H and O–H groups in total. The van der Waals surface area contributed by atoms with Gasteiger partial charge in [0, 0.05) is 25.0 Å². The third kappa shape index (κ3) is 5.66. The first-order valence-corrected chi connectivity index (χ1v) is 11.8. The molecule has 3 aromatic carbocycles. The number of nitrogens with two attached hydrogens (primary N) is 1. The van der Waals surface area contributed by atoms with Gasteiger partial charge in [-0.3, -0.25) is 4.79 Å². The van der Waals surface area contributed by atoms with Gasteiger partial charge in [-0.2, -0.15) is 0 Å². The van der Waals surface area contributed by atoms with Crippen molar-refractivity contribution in [2.24, 2.45) is 5.73 Å². The monoisotopic (exact) mass is 467 g/mol. The van der Waals surface area contributed by atoms with Crippen LogP contribution in [0.2, 0.25) is 0 Å². The number of unbranched alkanes of at least 4 members (excludes halogenated alkanes) is 1. The number of carbonyl (C=O) groups is 2. The highest BCUT2D eigenvalue weighted by molar-refractivity contribution is 5.97. The fourth-order valence-electron chi connectivity index (χ4n) is 4.28. The summed E-state index contributed by atoms with van der Waals surface area (Å²) in [6.07, 6.45) is 6.77. The number of aromatic nitrogens is 2. The number of hydrogen-bond acceptors (Lipinski definition) is 3. The van der Waals surface area contributed by atoms with Crippen LogP contribution < -0.4 is 5.73 Å². The Kier molecular flexibility index (Phi) is 7.41. The highest BCUT2D eigenvalue weighted by atomic mass is 16.4. The van der Waals surface area contributed by atoms with E-state index < -0.39 is 11.9 Å². The predicted molar refractivity (Wildman–Crippen MR) is 138 cm³/mol. The predicted octanol–water partition coefficient (Wildman–Crippen LogP) is 5.24. The van der Waals surface area contributed by atoms with Crippen molar-refractivity contribution in [2.75, 3.05) is 0 Å². The van der Waals surface area contributed by atoms with Crippen molar-refractivity contribution < 1.29 is 14.7 Å². The molecule has 0 bridgehead atoms. The molecule has 6 nitrogen and oxygen atoms in total. The van der Waals surface area contributed by atoms with Gasteiger partial charge >= 0.3 is 5.97 Å². The van der Waals surface area contributed by atoms with Crippen LogP contribution in [0.25, 0.3) is 16.8 Å². The molecule has 1 amide bonds. The van der Waals surface area contributed by atoms with Gasteiger partial charge in [-0.1, -0.05) is 67.9 Å². The van der Waals surface area contributed by atoms with E-state index >= 15 is 0 Å². The van der Waals surface area contributed by atoms with Crippen molar-refractivity contribution in [1.29, 1.82) is 0 Å². The standard InChI is InChI=1S/C29H29N3O3/c1-2-3-13-27-31-18-25(17-22(28(30)33)14-20-9-5-4-6-10-20)32(27)19-24-16-23(29(34)35)15-21-11-7-8-12-26(21)24/h4-12,15-18H,2-3,13-14,19H2,1H3,(H2,30,33)(H,34,35). The van der Waals surface area contributed by atoms with E-state index in [4.69, 9.17) is 5.73 Å². The van der Waals surface area contributed by atoms with Crippen LogP contribution in [0.15, 0.2) is 78.5 Å². The molecule has 0 spiro atoms. The molecule has 1 heterocycles. The van der Waals surface area contributed by atoms with Crippen LogP contribution in [-0.4, -0.2) is 26.5 Å². The summed E-state index contributed by atoms with van der Waals surface area (Å²) in [6.45, 7) is 2.56. The highest BCUT2D eigenvalue weighted by Crippen LogP contribution is 2.25. The number of aryl methyl sites for hydroxylation is 1. The van der Waals surface area contributed by atoms with Gasteiger partial charge in [0.05, 0.1) is 17.5 Å². The molecule has 178 valence electrons. The van der Waals surface area contributed by atoms with Crippen LogP contribution in [0.5, 0.6) is 0 Å². The Morgan fingerprint density at radius 1 is 1.06 bits per heavy atom. The van der Waals surface area contributed by atoms with E-state index in [0.717, 1.165) is 52.7 Å². The van der Waals surface area contributed by atoms with Crippen molar-refractivity contribution in [2.45, 2.75) is 39.2 Å². The van der Waals surface area contributed by atoms with Gasteiger partial charge in [-0.05, 0) is 46.5 Å². The molecule has 0 aliphatic rings. The van der Waals surface area contributed by atoms with Gasteiger partial charge in [0.25, 0.3) is 0 Å². The van der Waals surface area contributed by atoms with Gasteiger partial charge < -0.3 is 15.4 Å². The Hall–Kier alpha value is -4.19. The van der Waals surface area contributed by atoms with Crippen molar-refractivity contribution in [3.63, 3.8) is 0 Å². The second-order valence-corrected chi connectivity index (χ2v) is 8.65. The highest BCUT2D eigenvalue weighted by Gasteiger charge is 2.15. The van der Waals surface area contributed by atoms with E-state index in [9.17, 15) is 14.7 Å². The zero-order chi connectivity index (χ0) is 24.8. The van der Waals surface area contributed by atoms with Crippen molar-refractivity contribution >= 4 is 28.7 Å². The zero-order valence-electron chi connectivity index (χ0n) is 19.8. The number of rotatable bonds is 10. The third-order valence-corrected chi connectivity index (χ3v) is 6.12. The van der Waals surface area contributed by atoms with Crippen LogP contribution in [0.3, 0.4) is 0 Å².